The van der Waals surface area contributed by atoms with Crippen LogP contribution in [0, 0.1) is 0 Å². The van der Waals surface area contributed by atoms with Crippen molar-refractivity contribution in [3.05, 3.63) is 50.9 Å². The van der Waals surface area contributed by atoms with E-state index in [1.165, 1.54) is 10.9 Å². The Balaban J connectivity index is 1.98. The van der Waals surface area contributed by atoms with Gasteiger partial charge in [0.25, 0.3) is 5.56 Å². The van der Waals surface area contributed by atoms with E-state index in [1.807, 2.05) is 12.1 Å². The molecule has 2 atom stereocenters. The smallest absolute Gasteiger partial charge is 0.334 e. The highest BCUT2D eigenvalue weighted by Crippen LogP contribution is 2.21. The van der Waals surface area contributed by atoms with Crippen LogP contribution in [0.3, 0.4) is 0 Å². The Morgan fingerprint density at radius 3 is 2.57 bits per heavy atom. The lowest BCUT2D eigenvalue weighted by Gasteiger charge is -2.17. The van der Waals surface area contributed by atoms with Gasteiger partial charge in [0.05, 0.1) is 33.1 Å². The maximum Gasteiger partial charge on any atom is 0.334 e. The van der Waals surface area contributed by atoms with Gasteiger partial charge in [-0.05, 0) is 40.5 Å². The fourth-order valence-corrected chi connectivity index (χ4v) is 2.62. The topological polar surface area (TPSA) is 120 Å². The lowest BCUT2D eigenvalue weighted by atomic mass is 10.2. The van der Waals surface area contributed by atoms with Crippen molar-refractivity contribution in [3.8, 4) is 11.5 Å². The predicted octanol–water partition coefficient (Wildman–Crippen LogP) is 1.29. The number of carbonyl (C=O) groups is 1. The van der Waals surface area contributed by atoms with Crippen LogP contribution in [-0.4, -0.2) is 58.5 Å². The Hall–Kier alpha value is -2.43. The van der Waals surface area contributed by atoms with Gasteiger partial charge in [0.15, 0.2) is 11.9 Å². The Kier molecular flexibility index (Phi) is 7.97. The van der Waals surface area contributed by atoms with Crippen LogP contribution in [0.4, 0.5) is 0 Å². The first kappa shape index (κ1) is 21.9. The number of aromatic nitrogens is 2. The van der Waals surface area contributed by atoms with Crippen LogP contribution in [0.15, 0.2) is 39.7 Å². The molecule has 28 heavy (non-hydrogen) atoms. The zero-order valence-corrected chi connectivity index (χ0v) is 17.0. The van der Waals surface area contributed by atoms with Crippen molar-refractivity contribution in [2.24, 2.45) is 0 Å². The fraction of sp³-hybridized carbons (Fsp3) is 0.389. The SMILES string of the molecule is COc1ccc(Cn2ncc(O[C@@H](C)COCC(O)C(=O)O)c(Br)c2=O)cc1. The number of hydrogen-bond donors (Lipinski definition) is 2. The Labute approximate surface area is 169 Å². The standard InChI is InChI=1S/C18H21BrN2O7/c1-11(9-27-10-14(22)18(24)25)28-15-7-20-21(17(23)16(15)19)8-12-3-5-13(26-2)6-4-12/h3-7,11,14,22H,8-10H2,1-2H3,(H,24,25)/t11-,14?/m0/s1. The third-order valence-electron chi connectivity index (χ3n) is 3.69. The molecule has 1 aromatic carbocycles. The van der Waals surface area contributed by atoms with E-state index >= 15 is 0 Å². The van der Waals surface area contributed by atoms with E-state index in [-0.39, 0.29) is 35.5 Å². The minimum Gasteiger partial charge on any atom is -0.497 e. The van der Waals surface area contributed by atoms with Crippen LogP contribution >= 0.6 is 15.9 Å². The average molecular weight is 457 g/mol. The average Bonchev–Trinajstić information content (AvgIpc) is 2.68. The van der Waals surface area contributed by atoms with E-state index in [0.717, 1.165) is 11.3 Å². The summed E-state index contributed by atoms with van der Waals surface area (Å²) < 4.78 is 17.3. The van der Waals surface area contributed by atoms with Crippen molar-refractivity contribution in [2.75, 3.05) is 20.3 Å². The first-order valence-corrected chi connectivity index (χ1v) is 9.15. The second-order valence-corrected chi connectivity index (χ2v) is 6.75. The summed E-state index contributed by atoms with van der Waals surface area (Å²) in [7, 11) is 1.58. The van der Waals surface area contributed by atoms with Crippen LogP contribution in [-0.2, 0) is 16.1 Å². The predicted molar refractivity (Wildman–Crippen MR) is 103 cm³/mol. The van der Waals surface area contributed by atoms with Gasteiger partial charge in [-0.1, -0.05) is 12.1 Å². The Bertz CT molecular complexity index is 854. The van der Waals surface area contributed by atoms with Crippen LogP contribution in [0.2, 0.25) is 0 Å². The molecule has 0 saturated heterocycles. The number of aliphatic hydroxyl groups excluding tert-OH is 1. The molecule has 0 aliphatic rings. The third kappa shape index (κ3) is 6.04. The first-order chi connectivity index (χ1) is 13.3. The normalized spacial score (nSPS) is 13.0. The van der Waals surface area contributed by atoms with Gasteiger partial charge in [-0.25, -0.2) is 9.48 Å². The summed E-state index contributed by atoms with van der Waals surface area (Å²) in [4.78, 5) is 23.0. The molecule has 0 radical (unpaired) electrons. The van der Waals surface area contributed by atoms with Crippen LogP contribution < -0.4 is 15.0 Å². The molecule has 2 aromatic rings. The molecule has 0 bridgehead atoms. The quantitative estimate of drug-likeness (QED) is 0.548. The van der Waals surface area contributed by atoms with Crippen LogP contribution in [0.5, 0.6) is 11.5 Å². The second kappa shape index (κ2) is 10.2. The number of benzene rings is 1. The molecular weight excluding hydrogens is 436 g/mol. The van der Waals surface area contributed by atoms with Gasteiger partial charge in [-0.3, -0.25) is 4.79 Å². The molecule has 1 aromatic heterocycles. The molecule has 0 aliphatic heterocycles. The number of rotatable bonds is 10. The summed E-state index contributed by atoms with van der Waals surface area (Å²) >= 11 is 3.23. The molecule has 1 unspecified atom stereocenters. The molecule has 0 fully saturated rings. The highest BCUT2D eigenvalue weighted by molar-refractivity contribution is 9.10. The molecule has 152 valence electrons. The van der Waals surface area contributed by atoms with Gasteiger partial charge in [-0.2, -0.15) is 5.10 Å². The number of ether oxygens (including phenoxy) is 3. The summed E-state index contributed by atoms with van der Waals surface area (Å²) in [6.45, 7) is 1.65. The molecule has 1 heterocycles. The number of methoxy groups -OCH3 is 1. The van der Waals surface area contributed by atoms with E-state index < -0.39 is 18.2 Å². The summed E-state index contributed by atoms with van der Waals surface area (Å²) in [6.07, 6.45) is -0.671. The summed E-state index contributed by atoms with van der Waals surface area (Å²) in [6, 6.07) is 7.29. The largest absolute Gasteiger partial charge is 0.497 e. The fourth-order valence-electron chi connectivity index (χ4n) is 2.22. The van der Waals surface area contributed by atoms with E-state index in [1.54, 1.807) is 26.2 Å². The minimum atomic E-state index is -1.59. The number of aliphatic hydroxyl groups is 1. The van der Waals surface area contributed by atoms with Gasteiger partial charge in [0.2, 0.25) is 0 Å². The molecule has 0 aliphatic carbocycles. The lowest BCUT2D eigenvalue weighted by Crippen LogP contribution is -2.29. The van der Waals surface area contributed by atoms with Crippen molar-refractivity contribution in [1.82, 2.24) is 9.78 Å². The minimum absolute atomic E-state index is 0.0334. The summed E-state index contributed by atoms with van der Waals surface area (Å²) in [5.74, 6) is -0.395. The van der Waals surface area contributed by atoms with Crippen molar-refractivity contribution >= 4 is 21.9 Å². The number of nitrogens with zero attached hydrogens (tertiary/aromatic N) is 2. The number of hydrogen-bond acceptors (Lipinski definition) is 7. The molecule has 2 N–H and O–H groups in total. The highest BCUT2D eigenvalue weighted by Gasteiger charge is 2.16. The van der Waals surface area contributed by atoms with Crippen LogP contribution in [0.1, 0.15) is 12.5 Å². The Morgan fingerprint density at radius 1 is 1.29 bits per heavy atom. The van der Waals surface area contributed by atoms with E-state index in [4.69, 9.17) is 24.4 Å². The van der Waals surface area contributed by atoms with Gasteiger partial charge in [0.1, 0.15) is 16.3 Å². The molecule has 9 nitrogen and oxygen atoms in total. The number of aliphatic carboxylic acids is 1. The molecule has 0 spiro atoms. The van der Waals surface area contributed by atoms with Gasteiger partial charge in [0, 0.05) is 0 Å². The number of carboxylic acid groups (broad SMARTS) is 1. The van der Waals surface area contributed by atoms with E-state index in [0.29, 0.717) is 0 Å². The molecule has 0 saturated carbocycles. The lowest BCUT2D eigenvalue weighted by molar-refractivity contribution is -0.150. The van der Waals surface area contributed by atoms with E-state index in [9.17, 15) is 9.59 Å². The zero-order valence-electron chi connectivity index (χ0n) is 15.4. The Morgan fingerprint density at radius 2 is 1.96 bits per heavy atom. The molecule has 0 amide bonds. The molecule has 10 heteroatoms. The number of carboxylic acids is 1. The van der Waals surface area contributed by atoms with Crippen molar-refractivity contribution in [1.29, 1.82) is 0 Å². The van der Waals surface area contributed by atoms with Crippen molar-refractivity contribution in [3.63, 3.8) is 0 Å². The zero-order chi connectivity index (χ0) is 20.7. The second-order valence-electron chi connectivity index (χ2n) is 5.95. The van der Waals surface area contributed by atoms with Crippen LogP contribution in [0.25, 0.3) is 0 Å². The van der Waals surface area contributed by atoms with Gasteiger partial charge < -0.3 is 24.4 Å². The molecular formula is C18H21BrN2O7. The van der Waals surface area contributed by atoms with Crippen molar-refractivity contribution in [2.45, 2.75) is 25.7 Å². The highest BCUT2D eigenvalue weighted by atomic mass is 79.9. The van der Waals surface area contributed by atoms with Crippen molar-refractivity contribution < 1.29 is 29.2 Å². The number of halogens is 1. The third-order valence-corrected chi connectivity index (χ3v) is 4.42. The maximum absolute atomic E-state index is 12.5. The molecule has 2 rings (SSSR count). The monoisotopic (exact) mass is 456 g/mol. The van der Waals surface area contributed by atoms with E-state index in [2.05, 4.69) is 21.0 Å². The van der Waals surface area contributed by atoms with Gasteiger partial charge >= 0.3 is 5.97 Å². The summed E-state index contributed by atoms with van der Waals surface area (Å²) in [5.41, 5.74) is 0.525. The van der Waals surface area contributed by atoms with Gasteiger partial charge in [-0.15, -0.1) is 0 Å². The first-order valence-electron chi connectivity index (χ1n) is 8.35. The maximum atomic E-state index is 12.5. The summed E-state index contributed by atoms with van der Waals surface area (Å²) in [5, 5.41) is 21.9.